The first-order valence-corrected chi connectivity index (χ1v) is 7.72. The summed E-state index contributed by atoms with van der Waals surface area (Å²) in [5, 5.41) is 0. The van der Waals surface area contributed by atoms with Crippen molar-refractivity contribution in [2.75, 3.05) is 38.1 Å². The Morgan fingerprint density at radius 3 is 2.67 bits per heavy atom. The first-order valence-electron chi connectivity index (χ1n) is 7.72. The molecule has 0 saturated carbocycles. The molecule has 2 aromatic rings. The van der Waals surface area contributed by atoms with Gasteiger partial charge in [-0.2, -0.15) is 0 Å². The molecule has 1 aromatic heterocycles. The smallest absolute Gasteiger partial charge is 0.0556 e. The van der Waals surface area contributed by atoms with E-state index in [1.165, 1.54) is 29.8 Å². The molecule has 0 amide bonds. The number of pyridine rings is 1. The van der Waals surface area contributed by atoms with Crippen LogP contribution in [0.3, 0.4) is 0 Å². The molecule has 2 heterocycles. The maximum atomic E-state index is 4.45. The summed E-state index contributed by atoms with van der Waals surface area (Å²) in [6, 6.07) is 12.9. The van der Waals surface area contributed by atoms with Gasteiger partial charge in [0.15, 0.2) is 0 Å². The maximum Gasteiger partial charge on any atom is 0.0556 e. The lowest BCUT2D eigenvalue weighted by molar-refractivity contribution is 0.360. The largest absolute Gasteiger partial charge is 0.369 e. The lowest BCUT2D eigenvalue weighted by Gasteiger charge is -2.23. The van der Waals surface area contributed by atoms with E-state index in [-0.39, 0.29) is 0 Å². The number of hydrogen-bond acceptors (Lipinski definition) is 3. The number of anilines is 1. The third kappa shape index (κ3) is 3.82. The third-order valence-electron chi connectivity index (χ3n) is 4.12. The average Bonchev–Trinajstić information content (AvgIpc) is 2.73. The highest BCUT2D eigenvalue weighted by Crippen LogP contribution is 2.18. The Bertz CT molecular complexity index is 568. The monoisotopic (exact) mass is 281 g/mol. The molecule has 21 heavy (non-hydrogen) atoms. The Labute approximate surface area is 127 Å². The maximum absolute atomic E-state index is 4.45. The molecule has 0 N–H and O–H groups in total. The Balaban J connectivity index is 1.73. The van der Waals surface area contributed by atoms with E-state index in [9.17, 15) is 0 Å². The van der Waals surface area contributed by atoms with Gasteiger partial charge in [0.05, 0.1) is 11.9 Å². The van der Waals surface area contributed by atoms with Gasteiger partial charge in [0.1, 0.15) is 0 Å². The SMILES string of the molecule is CN1CCCN(c2cncc(Cc3ccccc3)c2)CC1. The number of nitrogens with zero attached hydrogens (tertiary/aromatic N) is 3. The molecule has 0 aliphatic carbocycles. The zero-order chi connectivity index (χ0) is 14.5. The molecule has 1 aliphatic heterocycles. The van der Waals surface area contributed by atoms with Crippen LogP contribution in [-0.4, -0.2) is 43.1 Å². The van der Waals surface area contributed by atoms with Crippen molar-refractivity contribution in [1.29, 1.82) is 0 Å². The molecule has 1 aromatic carbocycles. The summed E-state index contributed by atoms with van der Waals surface area (Å²) in [6.45, 7) is 4.53. The van der Waals surface area contributed by atoms with E-state index in [1.807, 2.05) is 12.4 Å². The highest BCUT2D eigenvalue weighted by molar-refractivity contribution is 5.47. The highest BCUT2D eigenvalue weighted by Gasteiger charge is 2.13. The quantitative estimate of drug-likeness (QED) is 0.862. The van der Waals surface area contributed by atoms with Crippen molar-refractivity contribution in [1.82, 2.24) is 9.88 Å². The minimum Gasteiger partial charge on any atom is -0.369 e. The number of likely N-dealkylation sites (N-methyl/N-ethyl adjacent to an activating group) is 1. The standard InChI is InChI=1S/C18H23N3/c1-20-8-5-9-21(11-10-20)18-13-17(14-19-15-18)12-16-6-3-2-4-7-16/h2-4,6-7,13-15H,5,8-12H2,1H3. The van der Waals surface area contributed by atoms with Crippen LogP contribution in [0.2, 0.25) is 0 Å². The summed E-state index contributed by atoms with van der Waals surface area (Å²) in [5.74, 6) is 0. The van der Waals surface area contributed by atoms with Crippen LogP contribution >= 0.6 is 0 Å². The van der Waals surface area contributed by atoms with Gasteiger partial charge in [0.2, 0.25) is 0 Å². The van der Waals surface area contributed by atoms with Crippen LogP contribution in [0, 0.1) is 0 Å². The van der Waals surface area contributed by atoms with Crippen molar-refractivity contribution in [3.05, 3.63) is 59.9 Å². The predicted molar refractivity (Wildman–Crippen MR) is 87.8 cm³/mol. The van der Waals surface area contributed by atoms with Crippen molar-refractivity contribution in [2.45, 2.75) is 12.8 Å². The second-order valence-corrected chi connectivity index (χ2v) is 5.86. The molecule has 1 saturated heterocycles. The Morgan fingerprint density at radius 2 is 1.81 bits per heavy atom. The number of aromatic nitrogens is 1. The van der Waals surface area contributed by atoms with Crippen LogP contribution in [0.4, 0.5) is 5.69 Å². The van der Waals surface area contributed by atoms with E-state index in [0.717, 1.165) is 26.1 Å². The molecule has 1 fully saturated rings. The van der Waals surface area contributed by atoms with Gasteiger partial charge in [-0.3, -0.25) is 4.98 Å². The average molecular weight is 281 g/mol. The van der Waals surface area contributed by atoms with Gasteiger partial charge in [-0.25, -0.2) is 0 Å². The minimum atomic E-state index is 0.954. The molecule has 0 atom stereocenters. The van der Waals surface area contributed by atoms with E-state index < -0.39 is 0 Å². The summed E-state index contributed by atoms with van der Waals surface area (Å²) in [6.07, 6.45) is 6.16. The zero-order valence-electron chi connectivity index (χ0n) is 12.7. The molecule has 3 heteroatoms. The van der Waals surface area contributed by atoms with Crippen LogP contribution in [-0.2, 0) is 6.42 Å². The summed E-state index contributed by atoms with van der Waals surface area (Å²) in [7, 11) is 2.20. The molecule has 0 bridgehead atoms. The second kappa shape index (κ2) is 6.72. The van der Waals surface area contributed by atoms with Gasteiger partial charge in [-0.1, -0.05) is 30.3 Å². The summed E-state index contributed by atoms with van der Waals surface area (Å²) < 4.78 is 0. The zero-order valence-corrected chi connectivity index (χ0v) is 12.7. The lowest BCUT2D eigenvalue weighted by atomic mass is 10.1. The molecule has 110 valence electrons. The van der Waals surface area contributed by atoms with Crippen molar-refractivity contribution >= 4 is 5.69 Å². The summed E-state index contributed by atoms with van der Waals surface area (Å²) >= 11 is 0. The van der Waals surface area contributed by atoms with E-state index in [0.29, 0.717) is 0 Å². The van der Waals surface area contributed by atoms with Crippen LogP contribution in [0.5, 0.6) is 0 Å². The van der Waals surface area contributed by atoms with E-state index in [2.05, 4.69) is 58.2 Å². The van der Waals surface area contributed by atoms with Gasteiger partial charge in [0.25, 0.3) is 0 Å². The Hall–Kier alpha value is -1.87. The molecular weight excluding hydrogens is 258 g/mol. The van der Waals surface area contributed by atoms with Crippen LogP contribution in [0.25, 0.3) is 0 Å². The van der Waals surface area contributed by atoms with E-state index >= 15 is 0 Å². The number of hydrogen-bond donors (Lipinski definition) is 0. The van der Waals surface area contributed by atoms with E-state index in [4.69, 9.17) is 0 Å². The van der Waals surface area contributed by atoms with Crippen molar-refractivity contribution in [2.24, 2.45) is 0 Å². The normalized spacial score (nSPS) is 16.7. The third-order valence-corrected chi connectivity index (χ3v) is 4.12. The summed E-state index contributed by atoms with van der Waals surface area (Å²) in [4.78, 5) is 9.32. The molecule has 3 nitrogen and oxygen atoms in total. The van der Waals surface area contributed by atoms with Crippen molar-refractivity contribution < 1.29 is 0 Å². The Kier molecular flexibility index (Phi) is 4.51. The topological polar surface area (TPSA) is 19.4 Å². The predicted octanol–water partition coefficient (Wildman–Crippen LogP) is 2.81. The molecule has 0 radical (unpaired) electrons. The highest BCUT2D eigenvalue weighted by atomic mass is 15.2. The number of rotatable bonds is 3. The molecular formula is C18H23N3. The van der Waals surface area contributed by atoms with Crippen LogP contribution in [0.1, 0.15) is 17.5 Å². The van der Waals surface area contributed by atoms with Gasteiger partial charge < -0.3 is 9.80 Å². The number of benzene rings is 1. The fourth-order valence-electron chi connectivity index (χ4n) is 2.88. The minimum absolute atomic E-state index is 0.954. The summed E-state index contributed by atoms with van der Waals surface area (Å²) in [5.41, 5.74) is 3.89. The van der Waals surface area contributed by atoms with Crippen LogP contribution in [0.15, 0.2) is 48.8 Å². The Morgan fingerprint density at radius 1 is 0.952 bits per heavy atom. The van der Waals surface area contributed by atoms with E-state index in [1.54, 1.807) is 0 Å². The first kappa shape index (κ1) is 14.1. The van der Waals surface area contributed by atoms with Crippen molar-refractivity contribution in [3.63, 3.8) is 0 Å². The fraction of sp³-hybridized carbons (Fsp3) is 0.389. The molecule has 1 aliphatic rings. The van der Waals surface area contributed by atoms with Gasteiger partial charge in [-0.15, -0.1) is 0 Å². The van der Waals surface area contributed by atoms with Gasteiger partial charge in [0, 0.05) is 25.8 Å². The molecule has 3 rings (SSSR count). The second-order valence-electron chi connectivity index (χ2n) is 5.86. The lowest BCUT2D eigenvalue weighted by Crippen LogP contribution is -2.28. The van der Waals surface area contributed by atoms with Crippen LogP contribution < -0.4 is 4.90 Å². The fourth-order valence-corrected chi connectivity index (χ4v) is 2.88. The molecule has 0 unspecified atom stereocenters. The van der Waals surface area contributed by atoms with Gasteiger partial charge in [-0.05, 0) is 43.6 Å². The molecule has 0 spiro atoms. The van der Waals surface area contributed by atoms with Crippen molar-refractivity contribution in [3.8, 4) is 0 Å². The first-order chi connectivity index (χ1) is 10.3. The van der Waals surface area contributed by atoms with Gasteiger partial charge >= 0.3 is 0 Å².